The van der Waals surface area contributed by atoms with Crippen LogP contribution in [0.25, 0.3) is 0 Å². The van der Waals surface area contributed by atoms with Crippen LogP contribution in [-0.4, -0.2) is 26.5 Å². The fourth-order valence-electron chi connectivity index (χ4n) is 0.775. The first-order valence-electron chi connectivity index (χ1n) is 3.27. The topological polar surface area (TPSA) is 79.9 Å². The predicted molar refractivity (Wildman–Crippen MR) is 43.5 cm³/mol. The van der Waals surface area contributed by atoms with E-state index < -0.39 is 0 Å². The van der Waals surface area contributed by atoms with Gasteiger partial charge in [-0.25, -0.2) is 5.10 Å². The lowest BCUT2D eigenvalue weighted by atomic mass is 10.4. The van der Waals surface area contributed by atoms with Gasteiger partial charge in [0.05, 0.1) is 0 Å². The van der Waals surface area contributed by atoms with Crippen LogP contribution in [0.5, 0.6) is 0 Å². The molecule has 0 radical (unpaired) electrons. The number of aromatic amines is 1. The normalized spacial score (nSPS) is 10.3. The van der Waals surface area contributed by atoms with Gasteiger partial charge in [0.2, 0.25) is 5.95 Å². The third kappa shape index (κ3) is 1.78. The second-order valence-corrected chi connectivity index (χ2v) is 2.50. The number of aliphatic hydroxyl groups is 1. The van der Waals surface area contributed by atoms with E-state index in [2.05, 4.69) is 10.2 Å². The van der Waals surface area contributed by atoms with Crippen molar-refractivity contribution < 1.29 is 5.11 Å². The molecule has 1 heterocycles. The molecule has 0 aliphatic rings. The van der Waals surface area contributed by atoms with Gasteiger partial charge in [-0.1, -0.05) is 0 Å². The van der Waals surface area contributed by atoms with E-state index in [-0.39, 0.29) is 6.61 Å². The first-order valence-corrected chi connectivity index (χ1v) is 3.68. The third-order valence-electron chi connectivity index (χ3n) is 1.33. The zero-order chi connectivity index (χ0) is 8.27. The average Bonchev–Trinajstić information content (AvgIpc) is 2.29. The number of nitrogens with zero attached hydrogens (tertiary/aromatic N) is 2. The van der Waals surface area contributed by atoms with Crippen LogP contribution in [0, 0.1) is 4.77 Å². The van der Waals surface area contributed by atoms with Gasteiger partial charge < -0.3 is 10.8 Å². The summed E-state index contributed by atoms with van der Waals surface area (Å²) in [5.41, 5.74) is 5.45. The van der Waals surface area contributed by atoms with E-state index in [0.717, 1.165) is 0 Å². The summed E-state index contributed by atoms with van der Waals surface area (Å²) in [5, 5.41) is 14.8. The van der Waals surface area contributed by atoms with Gasteiger partial charge in [0.15, 0.2) is 4.77 Å². The van der Waals surface area contributed by atoms with E-state index in [1.54, 1.807) is 4.57 Å². The highest BCUT2D eigenvalue weighted by Gasteiger charge is 1.99. The SMILES string of the molecule is Nc1n[nH]c(=S)n1CCCO. The molecule has 0 aromatic carbocycles. The number of nitrogen functional groups attached to an aromatic ring is 1. The number of nitrogens with one attached hydrogen (secondary N) is 1. The number of aliphatic hydroxyl groups excluding tert-OH is 1. The van der Waals surface area contributed by atoms with Crippen LogP contribution >= 0.6 is 12.2 Å². The molecule has 1 aromatic rings. The number of hydrogen-bond donors (Lipinski definition) is 3. The molecule has 4 N–H and O–H groups in total. The third-order valence-corrected chi connectivity index (χ3v) is 1.64. The number of nitrogens with two attached hydrogens (primary N) is 1. The van der Waals surface area contributed by atoms with E-state index in [4.69, 9.17) is 23.1 Å². The highest BCUT2D eigenvalue weighted by molar-refractivity contribution is 7.71. The average molecular weight is 174 g/mol. The lowest BCUT2D eigenvalue weighted by Gasteiger charge is -1.99. The van der Waals surface area contributed by atoms with Crippen molar-refractivity contribution in [3.8, 4) is 0 Å². The van der Waals surface area contributed by atoms with Crippen molar-refractivity contribution in [2.75, 3.05) is 12.3 Å². The van der Waals surface area contributed by atoms with Gasteiger partial charge in [0, 0.05) is 13.2 Å². The molecule has 0 atom stereocenters. The van der Waals surface area contributed by atoms with Crippen LogP contribution in [0.4, 0.5) is 5.95 Å². The minimum Gasteiger partial charge on any atom is -0.396 e. The zero-order valence-corrected chi connectivity index (χ0v) is 6.77. The molecule has 1 rings (SSSR count). The first kappa shape index (κ1) is 8.22. The van der Waals surface area contributed by atoms with Crippen LogP contribution in [0.2, 0.25) is 0 Å². The minimum atomic E-state index is 0.131. The van der Waals surface area contributed by atoms with Crippen LogP contribution in [0.15, 0.2) is 0 Å². The van der Waals surface area contributed by atoms with E-state index in [1.807, 2.05) is 0 Å². The van der Waals surface area contributed by atoms with Crippen molar-refractivity contribution in [1.82, 2.24) is 14.8 Å². The lowest BCUT2D eigenvalue weighted by Crippen LogP contribution is -2.04. The van der Waals surface area contributed by atoms with Crippen LogP contribution in [-0.2, 0) is 6.54 Å². The molecule has 0 bridgehead atoms. The predicted octanol–water partition coefficient (Wildman–Crippen LogP) is -0.0947. The van der Waals surface area contributed by atoms with Crippen molar-refractivity contribution in [2.24, 2.45) is 0 Å². The number of H-pyrrole nitrogens is 1. The standard InChI is InChI=1S/C5H10N4OS/c6-4-7-8-5(11)9(4)2-1-3-10/h10H,1-3H2,(H2,6,7)(H,8,11). The second kappa shape index (κ2) is 3.49. The molecule has 0 saturated carbocycles. The molecule has 0 fully saturated rings. The summed E-state index contributed by atoms with van der Waals surface area (Å²) in [6.45, 7) is 0.740. The fraction of sp³-hybridized carbons (Fsp3) is 0.600. The summed E-state index contributed by atoms with van der Waals surface area (Å²) < 4.78 is 2.14. The van der Waals surface area contributed by atoms with Gasteiger partial charge in [0.25, 0.3) is 0 Å². The number of hydrogen-bond acceptors (Lipinski definition) is 4. The molecule has 0 aliphatic heterocycles. The Hall–Kier alpha value is -0.880. The van der Waals surface area contributed by atoms with Gasteiger partial charge >= 0.3 is 0 Å². The summed E-state index contributed by atoms with van der Waals surface area (Å²) in [7, 11) is 0. The van der Waals surface area contributed by atoms with Crippen molar-refractivity contribution in [3.05, 3.63) is 4.77 Å². The molecule has 0 amide bonds. The molecule has 11 heavy (non-hydrogen) atoms. The Morgan fingerprint density at radius 3 is 2.91 bits per heavy atom. The van der Waals surface area contributed by atoms with E-state index >= 15 is 0 Å². The van der Waals surface area contributed by atoms with Crippen molar-refractivity contribution in [3.63, 3.8) is 0 Å². The minimum absolute atomic E-state index is 0.131. The summed E-state index contributed by atoms with van der Waals surface area (Å²) in [4.78, 5) is 0. The van der Waals surface area contributed by atoms with E-state index in [1.165, 1.54) is 0 Å². The fourth-order valence-corrected chi connectivity index (χ4v) is 1.01. The maximum Gasteiger partial charge on any atom is 0.220 e. The van der Waals surface area contributed by atoms with E-state index in [9.17, 15) is 0 Å². The highest BCUT2D eigenvalue weighted by Crippen LogP contribution is 1.99. The summed E-state index contributed by atoms with van der Waals surface area (Å²) in [6, 6.07) is 0. The lowest BCUT2D eigenvalue weighted by molar-refractivity contribution is 0.280. The monoisotopic (exact) mass is 174 g/mol. The Labute approximate surface area is 68.8 Å². The number of rotatable bonds is 3. The Morgan fingerprint density at radius 1 is 1.73 bits per heavy atom. The summed E-state index contributed by atoms with van der Waals surface area (Å²) >= 11 is 4.87. The quantitative estimate of drug-likeness (QED) is 0.559. The molecule has 0 saturated heterocycles. The highest BCUT2D eigenvalue weighted by atomic mass is 32.1. The Morgan fingerprint density at radius 2 is 2.45 bits per heavy atom. The molecule has 62 valence electrons. The Balaban J connectivity index is 2.75. The zero-order valence-electron chi connectivity index (χ0n) is 5.95. The van der Waals surface area contributed by atoms with Crippen molar-refractivity contribution in [1.29, 1.82) is 0 Å². The number of aromatic nitrogens is 3. The molecule has 5 nitrogen and oxygen atoms in total. The molecular weight excluding hydrogens is 164 g/mol. The molecule has 1 aromatic heterocycles. The van der Waals surface area contributed by atoms with E-state index in [0.29, 0.717) is 23.7 Å². The summed E-state index contributed by atoms with van der Waals surface area (Å²) in [6.07, 6.45) is 0.637. The summed E-state index contributed by atoms with van der Waals surface area (Å²) in [5.74, 6) is 0.364. The van der Waals surface area contributed by atoms with Crippen LogP contribution in [0.1, 0.15) is 6.42 Å². The maximum atomic E-state index is 8.53. The van der Waals surface area contributed by atoms with Crippen LogP contribution in [0.3, 0.4) is 0 Å². The molecule has 0 aliphatic carbocycles. The first-order chi connectivity index (χ1) is 5.25. The Bertz CT molecular complexity index is 278. The van der Waals surface area contributed by atoms with Crippen molar-refractivity contribution >= 4 is 18.2 Å². The van der Waals surface area contributed by atoms with Crippen molar-refractivity contribution in [2.45, 2.75) is 13.0 Å². The molecule has 0 unspecified atom stereocenters. The molecule has 0 spiro atoms. The van der Waals surface area contributed by atoms with Gasteiger partial charge in [0.1, 0.15) is 0 Å². The van der Waals surface area contributed by atoms with Gasteiger partial charge in [-0.2, -0.15) is 0 Å². The van der Waals surface area contributed by atoms with Crippen LogP contribution < -0.4 is 5.73 Å². The maximum absolute atomic E-state index is 8.53. The smallest absolute Gasteiger partial charge is 0.220 e. The second-order valence-electron chi connectivity index (χ2n) is 2.12. The van der Waals surface area contributed by atoms with Gasteiger partial charge in [-0.05, 0) is 18.6 Å². The molecular formula is C5H10N4OS. The largest absolute Gasteiger partial charge is 0.396 e. The van der Waals surface area contributed by atoms with Gasteiger partial charge in [-0.3, -0.25) is 4.57 Å². The molecule has 6 heteroatoms. The Kier molecular flexibility index (Phi) is 2.61. The number of anilines is 1. The van der Waals surface area contributed by atoms with Gasteiger partial charge in [-0.15, -0.1) is 5.10 Å².